The molecule has 0 unspecified atom stereocenters. The summed E-state index contributed by atoms with van der Waals surface area (Å²) in [5.41, 5.74) is 0.628. The van der Waals surface area contributed by atoms with E-state index in [4.69, 9.17) is 9.47 Å². The van der Waals surface area contributed by atoms with E-state index in [0.717, 1.165) is 11.1 Å². The van der Waals surface area contributed by atoms with Gasteiger partial charge in [-0.05, 0) is 31.2 Å². The van der Waals surface area contributed by atoms with Crippen LogP contribution in [0.15, 0.2) is 24.3 Å². The van der Waals surface area contributed by atoms with Crippen LogP contribution in [0.5, 0.6) is 5.75 Å². The molecule has 0 aliphatic rings. The van der Waals surface area contributed by atoms with Crippen molar-refractivity contribution in [3.05, 3.63) is 29.8 Å². The van der Waals surface area contributed by atoms with Crippen LogP contribution in [-0.4, -0.2) is 24.5 Å². The third-order valence-electron chi connectivity index (χ3n) is 2.36. The summed E-state index contributed by atoms with van der Waals surface area (Å²) in [7, 11) is 0. The monoisotopic (exact) mass is 314 g/mol. The lowest BCUT2D eigenvalue weighted by molar-refractivity contribution is 0.0526. The van der Waals surface area contributed by atoms with E-state index in [1.54, 1.807) is 31.2 Å². The van der Waals surface area contributed by atoms with Crippen LogP contribution >= 0.6 is 15.9 Å². The van der Waals surface area contributed by atoms with Crippen molar-refractivity contribution < 1.29 is 14.3 Å². The number of rotatable bonds is 6. The summed E-state index contributed by atoms with van der Waals surface area (Å²) >= 11 is 3.45. The second-order valence-corrected chi connectivity index (χ2v) is 5.39. The summed E-state index contributed by atoms with van der Waals surface area (Å²) in [5.74, 6) is 0.460. The zero-order valence-electron chi connectivity index (χ0n) is 11.0. The zero-order chi connectivity index (χ0) is 13.6. The van der Waals surface area contributed by atoms with E-state index >= 15 is 0 Å². The third-order valence-corrected chi connectivity index (χ3v) is 3.87. The summed E-state index contributed by atoms with van der Waals surface area (Å²) in [6.07, 6.45) is 0. The molecule has 0 spiro atoms. The fraction of sp³-hybridized carbons (Fsp3) is 0.500. The highest BCUT2D eigenvalue weighted by Crippen LogP contribution is 2.21. The summed E-state index contributed by atoms with van der Waals surface area (Å²) in [6.45, 7) is 7.04. The molecule has 0 aromatic heterocycles. The Labute approximate surface area is 117 Å². The lowest BCUT2D eigenvalue weighted by Gasteiger charge is -2.21. The topological polar surface area (TPSA) is 35.5 Å². The van der Waals surface area contributed by atoms with Crippen LogP contribution in [0.1, 0.15) is 31.1 Å². The first-order valence-corrected chi connectivity index (χ1v) is 7.06. The molecule has 0 aliphatic heterocycles. The molecule has 0 saturated heterocycles. The molecule has 0 fully saturated rings. The van der Waals surface area contributed by atoms with Crippen LogP contribution in [0.3, 0.4) is 0 Å². The molecule has 0 atom stereocenters. The first kappa shape index (κ1) is 15.0. The number of ether oxygens (including phenoxy) is 2. The van der Waals surface area contributed by atoms with Gasteiger partial charge >= 0.3 is 5.97 Å². The highest BCUT2D eigenvalue weighted by Gasteiger charge is 2.17. The molecule has 18 heavy (non-hydrogen) atoms. The van der Waals surface area contributed by atoms with Gasteiger partial charge in [0.15, 0.2) is 0 Å². The van der Waals surface area contributed by atoms with Crippen molar-refractivity contribution in [1.29, 1.82) is 0 Å². The smallest absolute Gasteiger partial charge is 0.338 e. The number of hydrogen-bond acceptors (Lipinski definition) is 3. The molecule has 1 aromatic carbocycles. The highest BCUT2D eigenvalue weighted by molar-refractivity contribution is 9.09. The van der Waals surface area contributed by atoms with Crippen molar-refractivity contribution in [2.75, 3.05) is 18.5 Å². The molecule has 100 valence electrons. The van der Waals surface area contributed by atoms with E-state index in [-0.39, 0.29) is 11.4 Å². The van der Waals surface area contributed by atoms with Crippen LogP contribution < -0.4 is 4.74 Å². The van der Waals surface area contributed by atoms with Gasteiger partial charge in [0.2, 0.25) is 0 Å². The Balaban J connectivity index is 2.58. The molecule has 1 aromatic rings. The van der Waals surface area contributed by atoms with E-state index in [1.807, 2.05) is 0 Å². The Bertz CT molecular complexity index is 385. The van der Waals surface area contributed by atoms with Crippen LogP contribution in [0.4, 0.5) is 0 Å². The third kappa shape index (κ3) is 4.69. The van der Waals surface area contributed by atoms with Crippen LogP contribution in [0.2, 0.25) is 0 Å². The van der Waals surface area contributed by atoms with E-state index in [2.05, 4.69) is 29.8 Å². The number of esters is 1. The number of hydrogen-bond donors (Lipinski definition) is 0. The minimum absolute atomic E-state index is 0.0831. The van der Waals surface area contributed by atoms with Gasteiger partial charge < -0.3 is 9.47 Å². The zero-order valence-corrected chi connectivity index (χ0v) is 12.6. The van der Waals surface area contributed by atoms with E-state index in [1.165, 1.54) is 0 Å². The van der Waals surface area contributed by atoms with Crippen molar-refractivity contribution in [3.8, 4) is 5.75 Å². The fourth-order valence-electron chi connectivity index (χ4n) is 1.22. The van der Waals surface area contributed by atoms with Crippen molar-refractivity contribution in [3.63, 3.8) is 0 Å². The van der Waals surface area contributed by atoms with Gasteiger partial charge in [-0.25, -0.2) is 4.79 Å². The van der Waals surface area contributed by atoms with Crippen molar-refractivity contribution >= 4 is 21.9 Å². The minimum atomic E-state index is -0.301. The van der Waals surface area contributed by atoms with E-state index in [9.17, 15) is 4.79 Å². The highest BCUT2D eigenvalue weighted by atomic mass is 79.9. The number of carbonyl (C=O) groups excluding carboxylic acids is 1. The number of alkyl halides is 1. The standard InChI is InChI=1S/C14H19BrO3/c1-4-17-13(16)11-5-7-12(8-6-11)18-10-14(2,3)9-15/h5-8H,4,9-10H2,1-3H3. The van der Waals surface area contributed by atoms with Gasteiger partial charge in [-0.3, -0.25) is 0 Å². The van der Waals surface area contributed by atoms with Crippen LogP contribution in [0, 0.1) is 5.41 Å². The Kier molecular flexibility index (Phi) is 5.66. The molecule has 0 N–H and O–H groups in total. The van der Waals surface area contributed by atoms with Gasteiger partial charge in [-0.15, -0.1) is 0 Å². The molecule has 0 aliphatic carbocycles. The van der Waals surface area contributed by atoms with Gasteiger partial charge in [0.1, 0.15) is 5.75 Å². The largest absolute Gasteiger partial charge is 0.493 e. The second kappa shape index (κ2) is 6.78. The number of benzene rings is 1. The SMILES string of the molecule is CCOC(=O)c1ccc(OCC(C)(C)CBr)cc1. The second-order valence-electron chi connectivity index (χ2n) is 4.83. The fourth-order valence-corrected chi connectivity index (χ4v) is 1.38. The Morgan fingerprint density at radius 1 is 1.28 bits per heavy atom. The maximum absolute atomic E-state index is 11.5. The molecular formula is C14H19BrO3. The van der Waals surface area contributed by atoms with Gasteiger partial charge in [0, 0.05) is 10.7 Å². The summed E-state index contributed by atoms with van der Waals surface area (Å²) in [4.78, 5) is 11.5. The first-order chi connectivity index (χ1) is 8.48. The van der Waals surface area contributed by atoms with Crippen LogP contribution in [0.25, 0.3) is 0 Å². The Hall–Kier alpha value is -1.03. The van der Waals surface area contributed by atoms with Crippen molar-refractivity contribution in [2.45, 2.75) is 20.8 Å². The molecule has 3 nitrogen and oxygen atoms in total. The molecule has 0 saturated carbocycles. The van der Waals surface area contributed by atoms with E-state index in [0.29, 0.717) is 18.8 Å². The average molecular weight is 315 g/mol. The maximum Gasteiger partial charge on any atom is 0.338 e. The molecule has 0 bridgehead atoms. The van der Waals surface area contributed by atoms with E-state index < -0.39 is 0 Å². The Morgan fingerprint density at radius 2 is 1.89 bits per heavy atom. The molecule has 4 heteroatoms. The summed E-state index contributed by atoms with van der Waals surface area (Å²) < 4.78 is 10.6. The van der Waals surface area contributed by atoms with Crippen LogP contribution in [-0.2, 0) is 4.74 Å². The minimum Gasteiger partial charge on any atom is -0.493 e. The van der Waals surface area contributed by atoms with Gasteiger partial charge in [0.25, 0.3) is 0 Å². The van der Waals surface area contributed by atoms with Crippen molar-refractivity contribution in [1.82, 2.24) is 0 Å². The molecule has 0 radical (unpaired) electrons. The average Bonchev–Trinajstić information content (AvgIpc) is 2.37. The Morgan fingerprint density at radius 3 is 2.39 bits per heavy atom. The first-order valence-electron chi connectivity index (χ1n) is 5.94. The maximum atomic E-state index is 11.5. The number of carbonyl (C=O) groups is 1. The van der Waals surface area contributed by atoms with Gasteiger partial charge in [0.05, 0.1) is 18.8 Å². The van der Waals surface area contributed by atoms with Gasteiger partial charge in [-0.2, -0.15) is 0 Å². The molecular weight excluding hydrogens is 296 g/mol. The quantitative estimate of drug-likeness (QED) is 0.593. The molecule has 1 rings (SSSR count). The lowest BCUT2D eigenvalue weighted by Crippen LogP contribution is -2.22. The lowest BCUT2D eigenvalue weighted by atomic mass is 9.98. The van der Waals surface area contributed by atoms with Crippen molar-refractivity contribution in [2.24, 2.45) is 5.41 Å². The predicted octanol–water partition coefficient (Wildman–Crippen LogP) is 3.66. The normalized spacial score (nSPS) is 11.1. The molecule has 0 amide bonds. The molecule has 0 heterocycles. The summed E-state index contributed by atoms with van der Waals surface area (Å²) in [6, 6.07) is 7.01. The number of halogens is 1. The predicted molar refractivity (Wildman–Crippen MR) is 75.5 cm³/mol. The van der Waals surface area contributed by atoms with Gasteiger partial charge in [-0.1, -0.05) is 29.8 Å². The summed E-state index contributed by atoms with van der Waals surface area (Å²) in [5, 5.41) is 0.876.